The molecule has 7 heteroatoms. The van der Waals surface area contributed by atoms with Crippen LogP contribution < -0.4 is 11.1 Å². The number of likely N-dealkylation sites (N-methyl/N-ethyl adjacent to an activating group) is 1. The van der Waals surface area contributed by atoms with Crippen LogP contribution in [0.2, 0.25) is 0 Å². The Morgan fingerprint density at radius 3 is 2.82 bits per heavy atom. The summed E-state index contributed by atoms with van der Waals surface area (Å²) in [5.74, 6) is 1.86. The van der Waals surface area contributed by atoms with Gasteiger partial charge in [-0.1, -0.05) is 11.6 Å². The second-order valence-electron chi connectivity index (χ2n) is 5.59. The van der Waals surface area contributed by atoms with Crippen LogP contribution in [0, 0.1) is 6.92 Å². The maximum atomic E-state index is 4.73. The molecule has 7 nitrogen and oxygen atoms in total. The van der Waals surface area contributed by atoms with Crippen LogP contribution in [0.4, 0.5) is 0 Å². The van der Waals surface area contributed by atoms with Gasteiger partial charge in [-0.05, 0) is 19.1 Å². The minimum absolute atomic E-state index is 0.648. The van der Waals surface area contributed by atoms with Crippen LogP contribution in [0.1, 0.15) is 11.4 Å². The number of pyridine rings is 1. The highest BCUT2D eigenvalue weighted by molar-refractivity contribution is 6.02. The summed E-state index contributed by atoms with van der Waals surface area (Å²) in [7, 11) is 3.96. The molecular formula is C15H17N7. The maximum absolute atomic E-state index is 4.73. The van der Waals surface area contributed by atoms with Crippen molar-refractivity contribution in [2.75, 3.05) is 7.05 Å². The lowest BCUT2D eigenvalue weighted by Gasteiger charge is -2.11. The molecule has 0 amide bonds. The van der Waals surface area contributed by atoms with Gasteiger partial charge in [0.05, 0.1) is 23.7 Å². The Bertz CT molecular complexity index is 909. The van der Waals surface area contributed by atoms with E-state index in [0.717, 1.165) is 33.6 Å². The van der Waals surface area contributed by atoms with Crippen LogP contribution in [-0.4, -0.2) is 32.4 Å². The van der Waals surface area contributed by atoms with E-state index in [2.05, 4.69) is 50.8 Å². The summed E-state index contributed by atoms with van der Waals surface area (Å²) in [6.07, 6.45) is 2.49. The molecule has 0 saturated carbocycles. The van der Waals surface area contributed by atoms with Crippen molar-refractivity contribution in [1.82, 2.24) is 30.6 Å². The van der Waals surface area contributed by atoms with Gasteiger partial charge in [0.25, 0.3) is 0 Å². The number of hydrazone groups is 1. The molecule has 0 radical (unpaired) electrons. The lowest BCUT2D eigenvalue weighted by molar-refractivity contribution is 0.345. The highest BCUT2D eigenvalue weighted by Gasteiger charge is 2.18. The van der Waals surface area contributed by atoms with Crippen molar-refractivity contribution in [1.29, 1.82) is 0 Å². The van der Waals surface area contributed by atoms with E-state index in [9.17, 15) is 0 Å². The van der Waals surface area contributed by atoms with Gasteiger partial charge in [-0.15, -0.1) is 10.6 Å². The first-order valence-electron chi connectivity index (χ1n) is 7.15. The normalized spacial score (nSPS) is 14.7. The standard InChI is InChI=1S/C15H17N7/c1-9-4-5-11-10(6-9)15-12(8-16-11)17-13(21(15)2)7-14-18-19-20-22(14)3/h4-6,8,19-20H,7H2,1-3H3. The Morgan fingerprint density at radius 2 is 2.05 bits per heavy atom. The van der Waals surface area contributed by atoms with Crippen LogP contribution in [0.5, 0.6) is 0 Å². The van der Waals surface area contributed by atoms with Gasteiger partial charge in [-0.25, -0.2) is 10.5 Å². The Balaban J connectivity index is 1.89. The maximum Gasteiger partial charge on any atom is 0.149 e. The molecular weight excluding hydrogens is 278 g/mol. The minimum atomic E-state index is 0.648. The molecule has 1 aromatic carbocycles. The zero-order chi connectivity index (χ0) is 15.3. The van der Waals surface area contributed by atoms with Gasteiger partial charge in [0.1, 0.15) is 17.2 Å². The lowest BCUT2D eigenvalue weighted by Crippen LogP contribution is -2.38. The topological polar surface area (TPSA) is 70.4 Å². The Labute approximate surface area is 127 Å². The van der Waals surface area contributed by atoms with Crippen molar-refractivity contribution in [2.24, 2.45) is 12.1 Å². The number of fused-ring (bicyclic) bond motifs is 3. The Hall–Kier alpha value is -2.67. The highest BCUT2D eigenvalue weighted by atomic mass is 15.8. The van der Waals surface area contributed by atoms with E-state index in [1.165, 1.54) is 5.56 Å². The number of nitrogens with zero attached hydrogens (tertiary/aromatic N) is 5. The zero-order valence-corrected chi connectivity index (χ0v) is 12.8. The number of rotatable bonds is 2. The number of nitrogens with one attached hydrogen (secondary N) is 2. The van der Waals surface area contributed by atoms with Crippen molar-refractivity contribution in [3.63, 3.8) is 0 Å². The third kappa shape index (κ3) is 1.90. The molecule has 0 atom stereocenters. The molecule has 0 fully saturated rings. The van der Waals surface area contributed by atoms with E-state index in [0.29, 0.717) is 6.42 Å². The predicted octanol–water partition coefficient (Wildman–Crippen LogP) is 1.24. The van der Waals surface area contributed by atoms with Crippen LogP contribution in [0.15, 0.2) is 29.5 Å². The zero-order valence-electron chi connectivity index (χ0n) is 12.8. The van der Waals surface area contributed by atoms with E-state index >= 15 is 0 Å². The van der Waals surface area contributed by atoms with Gasteiger partial charge < -0.3 is 4.57 Å². The molecule has 0 spiro atoms. The number of aryl methyl sites for hydroxylation is 2. The van der Waals surface area contributed by atoms with E-state index < -0.39 is 0 Å². The summed E-state index contributed by atoms with van der Waals surface area (Å²) in [5, 5.41) is 7.20. The fraction of sp³-hybridized carbons (Fsp3) is 0.267. The molecule has 112 valence electrons. The molecule has 3 aromatic rings. The number of hydrazine groups is 2. The fourth-order valence-corrected chi connectivity index (χ4v) is 2.82. The average molecular weight is 295 g/mol. The molecule has 0 unspecified atom stereocenters. The SMILES string of the molecule is Cc1ccc2ncc3nc(CC4=NNNN4C)n(C)c3c2c1. The fourth-order valence-electron chi connectivity index (χ4n) is 2.82. The average Bonchev–Trinajstić information content (AvgIpc) is 3.04. The van der Waals surface area contributed by atoms with Crippen molar-refractivity contribution in [2.45, 2.75) is 13.3 Å². The van der Waals surface area contributed by atoms with E-state index in [-0.39, 0.29) is 0 Å². The van der Waals surface area contributed by atoms with Crippen LogP contribution in [-0.2, 0) is 13.5 Å². The molecule has 0 saturated heterocycles. The van der Waals surface area contributed by atoms with Crippen LogP contribution >= 0.6 is 0 Å². The first kappa shape index (κ1) is 13.0. The summed E-state index contributed by atoms with van der Waals surface area (Å²) in [5.41, 5.74) is 9.90. The molecule has 2 N–H and O–H groups in total. The molecule has 1 aliphatic heterocycles. The number of imidazole rings is 1. The quantitative estimate of drug-likeness (QED) is 0.744. The predicted molar refractivity (Wildman–Crippen MR) is 85.9 cm³/mol. The van der Waals surface area contributed by atoms with Gasteiger partial charge in [0, 0.05) is 19.5 Å². The summed E-state index contributed by atoms with van der Waals surface area (Å²) in [6.45, 7) is 2.09. The molecule has 0 bridgehead atoms. The Morgan fingerprint density at radius 1 is 1.18 bits per heavy atom. The smallest absolute Gasteiger partial charge is 0.149 e. The van der Waals surface area contributed by atoms with Gasteiger partial charge in [-0.2, -0.15) is 0 Å². The lowest BCUT2D eigenvalue weighted by atomic mass is 10.1. The van der Waals surface area contributed by atoms with Crippen molar-refractivity contribution >= 4 is 27.8 Å². The van der Waals surface area contributed by atoms with Crippen LogP contribution in [0.25, 0.3) is 21.9 Å². The molecule has 2 aromatic heterocycles. The number of hydrogen-bond donors (Lipinski definition) is 2. The molecule has 4 rings (SSSR count). The first-order valence-corrected chi connectivity index (χ1v) is 7.15. The third-order valence-electron chi connectivity index (χ3n) is 4.05. The van der Waals surface area contributed by atoms with Gasteiger partial charge in [-0.3, -0.25) is 9.99 Å². The van der Waals surface area contributed by atoms with E-state index in [1.54, 1.807) is 0 Å². The summed E-state index contributed by atoms with van der Waals surface area (Å²) in [4.78, 5) is 9.24. The van der Waals surface area contributed by atoms with Crippen molar-refractivity contribution in [3.8, 4) is 0 Å². The van der Waals surface area contributed by atoms with E-state index in [1.807, 2.05) is 25.3 Å². The van der Waals surface area contributed by atoms with E-state index in [4.69, 9.17) is 4.98 Å². The highest BCUT2D eigenvalue weighted by Crippen LogP contribution is 2.25. The largest absolute Gasteiger partial charge is 0.330 e. The third-order valence-corrected chi connectivity index (χ3v) is 4.05. The molecule has 22 heavy (non-hydrogen) atoms. The second-order valence-corrected chi connectivity index (χ2v) is 5.59. The summed E-state index contributed by atoms with van der Waals surface area (Å²) >= 11 is 0. The molecule has 0 aliphatic carbocycles. The van der Waals surface area contributed by atoms with Crippen LogP contribution in [0.3, 0.4) is 0 Å². The molecule has 3 heterocycles. The second kappa shape index (κ2) is 4.67. The van der Waals surface area contributed by atoms with Gasteiger partial charge in [0.2, 0.25) is 0 Å². The van der Waals surface area contributed by atoms with Gasteiger partial charge in [0.15, 0.2) is 0 Å². The molecule has 1 aliphatic rings. The van der Waals surface area contributed by atoms with Crippen molar-refractivity contribution < 1.29 is 0 Å². The Kier molecular flexibility index (Phi) is 2.77. The number of amidine groups is 1. The van der Waals surface area contributed by atoms with Crippen molar-refractivity contribution in [3.05, 3.63) is 35.8 Å². The number of hydrogen-bond acceptors (Lipinski definition) is 6. The first-order chi connectivity index (χ1) is 10.6. The summed E-state index contributed by atoms with van der Waals surface area (Å²) in [6, 6.07) is 6.30. The minimum Gasteiger partial charge on any atom is -0.330 e. The summed E-state index contributed by atoms with van der Waals surface area (Å²) < 4.78 is 2.13. The number of benzene rings is 1. The number of aromatic nitrogens is 3. The monoisotopic (exact) mass is 295 g/mol. The van der Waals surface area contributed by atoms with Gasteiger partial charge >= 0.3 is 0 Å².